The molecule has 0 aromatic rings. The van der Waals surface area contributed by atoms with Crippen LogP contribution in [-0.2, 0) is 14.2 Å². The summed E-state index contributed by atoms with van der Waals surface area (Å²) in [4.78, 5) is 0. The van der Waals surface area contributed by atoms with Crippen LogP contribution in [0.25, 0.3) is 0 Å². The Kier molecular flexibility index (Phi) is 8.78. The number of rotatable bonds is 11. The first-order valence-electron chi connectivity index (χ1n) is 6.77. The van der Waals surface area contributed by atoms with Gasteiger partial charge in [-0.3, -0.25) is 0 Å². The molecule has 0 amide bonds. The molecule has 4 nitrogen and oxygen atoms in total. The Morgan fingerprint density at radius 2 is 1.61 bits per heavy atom. The third kappa shape index (κ3) is 8.03. The molecular weight excluding hydrogens is 232 g/mol. The zero-order valence-corrected chi connectivity index (χ0v) is 12.6. The molecule has 0 aromatic heterocycles. The van der Waals surface area contributed by atoms with Gasteiger partial charge in [0.1, 0.15) is 0 Å². The van der Waals surface area contributed by atoms with Crippen LogP contribution >= 0.6 is 0 Å². The van der Waals surface area contributed by atoms with Crippen molar-refractivity contribution < 1.29 is 19.3 Å². The smallest absolute Gasteiger partial charge is 0.0707 e. The fraction of sp³-hybridized carbons (Fsp3) is 1.00. The number of methoxy groups -OCH3 is 1. The first-order valence-corrected chi connectivity index (χ1v) is 6.77. The molecule has 0 saturated heterocycles. The minimum absolute atomic E-state index is 0.155. The molecule has 4 heteroatoms. The van der Waals surface area contributed by atoms with E-state index < -0.39 is 0 Å². The van der Waals surface area contributed by atoms with E-state index in [0.717, 1.165) is 12.8 Å². The van der Waals surface area contributed by atoms with Crippen LogP contribution in [0, 0.1) is 0 Å². The van der Waals surface area contributed by atoms with Gasteiger partial charge in [-0.05, 0) is 40.0 Å². The maximum atomic E-state index is 8.93. The minimum Gasteiger partial charge on any atom is -0.396 e. The molecule has 0 aliphatic carbocycles. The number of aliphatic hydroxyl groups excluding tert-OH is 1. The highest BCUT2D eigenvalue weighted by atomic mass is 16.5. The van der Waals surface area contributed by atoms with Crippen LogP contribution in [-0.4, -0.2) is 49.8 Å². The lowest BCUT2D eigenvalue weighted by atomic mass is 9.99. The van der Waals surface area contributed by atoms with Gasteiger partial charge in [0, 0.05) is 13.7 Å². The van der Waals surface area contributed by atoms with Crippen molar-refractivity contribution in [1.82, 2.24) is 0 Å². The molecular formula is C14H30O4. The van der Waals surface area contributed by atoms with Crippen molar-refractivity contribution >= 4 is 0 Å². The third-order valence-electron chi connectivity index (χ3n) is 3.32. The summed E-state index contributed by atoms with van der Waals surface area (Å²) in [7, 11) is 1.67. The molecule has 110 valence electrons. The van der Waals surface area contributed by atoms with E-state index in [1.807, 2.05) is 13.8 Å². The molecule has 1 unspecified atom stereocenters. The first kappa shape index (κ1) is 17.8. The van der Waals surface area contributed by atoms with Crippen LogP contribution in [0.4, 0.5) is 0 Å². The average Bonchev–Trinajstić information content (AvgIpc) is 2.29. The summed E-state index contributed by atoms with van der Waals surface area (Å²) in [5, 5.41) is 8.93. The summed E-state index contributed by atoms with van der Waals surface area (Å²) >= 11 is 0. The normalized spacial score (nSPS) is 15.7. The van der Waals surface area contributed by atoms with E-state index in [0.29, 0.717) is 26.2 Å². The largest absolute Gasteiger partial charge is 0.396 e. The van der Waals surface area contributed by atoms with Crippen molar-refractivity contribution in [2.24, 2.45) is 0 Å². The molecule has 0 heterocycles. The molecule has 0 spiro atoms. The summed E-state index contributed by atoms with van der Waals surface area (Å²) in [6.07, 6.45) is 2.45. The van der Waals surface area contributed by atoms with Gasteiger partial charge in [0.2, 0.25) is 0 Å². The second-order valence-electron chi connectivity index (χ2n) is 5.48. The summed E-state index contributed by atoms with van der Waals surface area (Å²) < 4.78 is 16.6. The van der Waals surface area contributed by atoms with E-state index in [-0.39, 0.29) is 17.8 Å². The number of hydrogen-bond donors (Lipinski definition) is 1. The minimum atomic E-state index is -0.268. The Balaban J connectivity index is 3.98. The predicted octanol–water partition coefficient (Wildman–Crippen LogP) is 2.39. The van der Waals surface area contributed by atoms with Gasteiger partial charge in [0.25, 0.3) is 0 Å². The lowest BCUT2D eigenvalue weighted by Gasteiger charge is -2.31. The average molecular weight is 262 g/mol. The SMILES string of the molecule is CCC(C)(CCOC(C)(C)CCO)OCCOC. The van der Waals surface area contributed by atoms with Gasteiger partial charge in [-0.15, -0.1) is 0 Å². The van der Waals surface area contributed by atoms with Crippen LogP contribution in [0.5, 0.6) is 0 Å². The predicted molar refractivity (Wildman–Crippen MR) is 72.9 cm³/mol. The number of ether oxygens (including phenoxy) is 3. The second-order valence-corrected chi connectivity index (χ2v) is 5.48. The van der Waals surface area contributed by atoms with Crippen LogP contribution < -0.4 is 0 Å². The molecule has 1 N–H and O–H groups in total. The maximum absolute atomic E-state index is 8.93. The molecule has 0 aromatic carbocycles. The Morgan fingerprint density at radius 3 is 2.11 bits per heavy atom. The second kappa shape index (κ2) is 8.86. The van der Waals surface area contributed by atoms with Crippen molar-refractivity contribution in [2.75, 3.05) is 33.5 Å². The molecule has 0 rings (SSSR count). The lowest BCUT2D eigenvalue weighted by Crippen LogP contribution is -2.34. The summed E-state index contributed by atoms with van der Waals surface area (Å²) in [5.74, 6) is 0. The monoisotopic (exact) mass is 262 g/mol. The van der Waals surface area contributed by atoms with E-state index in [9.17, 15) is 0 Å². The highest BCUT2D eigenvalue weighted by molar-refractivity contribution is 4.75. The van der Waals surface area contributed by atoms with Crippen molar-refractivity contribution in [3.05, 3.63) is 0 Å². The highest BCUT2D eigenvalue weighted by Gasteiger charge is 2.24. The molecule has 0 aliphatic rings. The van der Waals surface area contributed by atoms with E-state index in [2.05, 4.69) is 13.8 Å². The van der Waals surface area contributed by atoms with Crippen LogP contribution in [0.1, 0.15) is 47.0 Å². The third-order valence-corrected chi connectivity index (χ3v) is 3.32. The van der Waals surface area contributed by atoms with Gasteiger partial charge in [-0.1, -0.05) is 6.92 Å². The Morgan fingerprint density at radius 1 is 0.944 bits per heavy atom. The van der Waals surface area contributed by atoms with Gasteiger partial charge in [0.05, 0.1) is 31.0 Å². The zero-order valence-electron chi connectivity index (χ0n) is 12.6. The Bertz CT molecular complexity index is 206. The first-order chi connectivity index (χ1) is 8.39. The molecule has 0 fully saturated rings. The van der Waals surface area contributed by atoms with E-state index in [4.69, 9.17) is 19.3 Å². The van der Waals surface area contributed by atoms with E-state index in [1.54, 1.807) is 7.11 Å². The van der Waals surface area contributed by atoms with Gasteiger partial charge in [-0.25, -0.2) is 0 Å². The van der Waals surface area contributed by atoms with Crippen molar-refractivity contribution in [2.45, 2.75) is 58.2 Å². The molecule has 0 saturated carbocycles. The molecule has 0 aliphatic heterocycles. The van der Waals surface area contributed by atoms with Crippen molar-refractivity contribution in [1.29, 1.82) is 0 Å². The zero-order chi connectivity index (χ0) is 14.1. The Hall–Kier alpha value is -0.160. The van der Waals surface area contributed by atoms with Gasteiger partial charge >= 0.3 is 0 Å². The van der Waals surface area contributed by atoms with Crippen LogP contribution in [0.3, 0.4) is 0 Å². The van der Waals surface area contributed by atoms with Gasteiger partial charge < -0.3 is 19.3 Å². The van der Waals surface area contributed by atoms with Gasteiger partial charge in [-0.2, -0.15) is 0 Å². The van der Waals surface area contributed by atoms with Crippen molar-refractivity contribution in [3.63, 3.8) is 0 Å². The van der Waals surface area contributed by atoms with Gasteiger partial charge in [0.15, 0.2) is 0 Å². The topological polar surface area (TPSA) is 47.9 Å². The Labute approximate surface area is 112 Å². The highest BCUT2D eigenvalue weighted by Crippen LogP contribution is 2.22. The molecule has 18 heavy (non-hydrogen) atoms. The summed E-state index contributed by atoms with van der Waals surface area (Å²) in [5.41, 5.74) is -0.427. The van der Waals surface area contributed by atoms with E-state index in [1.165, 1.54) is 0 Å². The molecule has 0 bridgehead atoms. The van der Waals surface area contributed by atoms with Crippen LogP contribution in [0.2, 0.25) is 0 Å². The van der Waals surface area contributed by atoms with Crippen molar-refractivity contribution in [3.8, 4) is 0 Å². The van der Waals surface area contributed by atoms with E-state index >= 15 is 0 Å². The van der Waals surface area contributed by atoms with Crippen LogP contribution in [0.15, 0.2) is 0 Å². The maximum Gasteiger partial charge on any atom is 0.0707 e. The fourth-order valence-electron chi connectivity index (χ4n) is 1.61. The summed E-state index contributed by atoms with van der Waals surface area (Å²) in [6.45, 7) is 10.2. The number of aliphatic hydroxyl groups is 1. The summed E-state index contributed by atoms with van der Waals surface area (Å²) in [6, 6.07) is 0. The fourth-order valence-corrected chi connectivity index (χ4v) is 1.61. The molecule has 0 radical (unpaired) electrons. The number of hydrogen-bond acceptors (Lipinski definition) is 4. The quantitative estimate of drug-likeness (QED) is 0.581. The standard InChI is InChI=1S/C14H30O4/c1-6-14(4,18-12-11-16-5)8-10-17-13(2,3)7-9-15/h15H,6-12H2,1-5H3. The lowest BCUT2D eigenvalue weighted by molar-refractivity contribution is -0.0937. The molecule has 1 atom stereocenters.